The Hall–Kier alpha value is -1.49. The van der Waals surface area contributed by atoms with Crippen LogP contribution in [0.15, 0.2) is 18.2 Å². The van der Waals surface area contributed by atoms with E-state index in [1.165, 1.54) is 18.6 Å². The Morgan fingerprint density at radius 1 is 1.29 bits per heavy atom. The molecule has 1 aliphatic heterocycles. The van der Waals surface area contributed by atoms with Gasteiger partial charge in [0.25, 0.3) is 0 Å². The molecule has 5 heteroatoms. The third-order valence-corrected chi connectivity index (χ3v) is 5.08. The summed E-state index contributed by atoms with van der Waals surface area (Å²) < 4.78 is 27.2. The van der Waals surface area contributed by atoms with Gasteiger partial charge in [-0.1, -0.05) is 6.42 Å². The Labute approximate surface area is 122 Å². The van der Waals surface area contributed by atoms with Crippen LogP contribution in [0, 0.1) is 17.6 Å². The minimum atomic E-state index is -0.591. The Kier molecular flexibility index (Phi) is 2.83. The summed E-state index contributed by atoms with van der Waals surface area (Å²) in [5.41, 5.74) is -0.109. The largest absolute Gasteiger partial charge is 0.321 e. The maximum Gasteiger partial charge on any atom is 0.244 e. The lowest BCUT2D eigenvalue weighted by molar-refractivity contribution is -0.131. The molecule has 2 saturated carbocycles. The number of benzene rings is 1. The van der Waals surface area contributed by atoms with Crippen LogP contribution < -0.4 is 5.32 Å². The van der Waals surface area contributed by atoms with E-state index in [0.29, 0.717) is 18.0 Å². The molecule has 1 atom stereocenters. The SMILES string of the molecule is O=C1N(CC2CCC2)C(c2ccc(F)cc2F)NC12CC2. The van der Waals surface area contributed by atoms with Crippen LogP contribution in [0.25, 0.3) is 0 Å². The van der Waals surface area contributed by atoms with Gasteiger partial charge >= 0.3 is 0 Å². The Morgan fingerprint density at radius 2 is 2.05 bits per heavy atom. The number of hydrogen-bond donors (Lipinski definition) is 1. The minimum Gasteiger partial charge on any atom is -0.321 e. The highest BCUT2D eigenvalue weighted by atomic mass is 19.1. The van der Waals surface area contributed by atoms with Crippen molar-refractivity contribution in [3.63, 3.8) is 0 Å². The molecule has 4 rings (SSSR count). The Balaban J connectivity index is 1.65. The van der Waals surface area contributed by atoms with Gasteiger partial charge in [0.2, 0.25) is 5.91 Å². The molecule has 1 aromatic carbocycles. The van der Waals surface area contributed by atoms with Crippen LogP contribution in [0.3, 0.4) is 0 Å². The van der Waals surface area contributed by atoms with Crippen LogP contribution in [0.5, 0.6) is 0 Å². The van der Waals surface area contributed by atoms with Crippen LogP contribution in [0.2, 0.25) is 0 Å². The van der Waals surface area contributed by atoms with E-state index in [1.807, 2.05) is 0 Å². The lowest BCUT2D eigenvalue weighted by Crippen LogP contribution is -2.37. The van der Waals surface area contributed by atoms with Crippen molar-refractivity contribution in [3.05, 3.63) is 35.4 Å². The number of carbonyl (C=O) groups is 1. The normalized spacial score (nSPS) is 27.2. The first-order valence-corrected chi connectivity index (χ1v) is 7.63. The van der Waals surface area contributed by atoms with E-state index < -0.39 is 23.3 Å². The first-order chi connectivity index (χ1) is 10.1. The van der Waals surface area contributed by atoms with Gasteiger partial charge in [-0.25, -0.2) is 8.78 Å². The van der Waals surface area contributed by atoms with Gasteiger partial charge in [0, 0.05) is 18.2 Å². The van der Waals surface area contributed by atoms with Gasteiger partial charge in [0.05, 0.1) is 0 Å². The van der Waals surface area contributed by atoms with Crippen molar-refractivity contribution in [2.24, 2.45) is 5.92 Å². The van der Waals surface area contributed by atoms with Crippen molar-refractivity contribution in [2.75, 3.05) is 6.54 Å². The van der Waals surface area contributed by atoms with Crippen LogP contribution in [0.1, 0.15) is 43.8 Å². The minimum absolute atomic E-state index is 0.0862. The fourth-order valence-corrected chi connectivity index (χ4v) is 3.39. The topological polar surface area (TPSA) is 32.3 Å². The maximum absolute atomic E-state index is 14.1. The quantitative estimate of drug-likeness (QED) is 0.929. The van der Waals surface area contributed by atoms with Gasteiger partial charge in [-0.15, -0.1) is 0 Å². The molecule has 2 aliphatic carbocycles. The molecule has 1 unspecified atom stereocenters. The number of carbonyl (C=O) groups excluding carboxylic acids is 1. The van der Waals surface area contributed by atoms with Crippen molar-refractivity contribution in [3.8, 4) is 0 Å². The number of rotatable bonds is 3. The number of nitrogens with one attached hydrogen (secondary N) is 1. The van der Waals surface area contributed by atoms with Gasteiger partial charge in [-0.05, 0) is 43.7 Å². The number of nitrogens with zero attached hydrogens (tertiary/aromatic N) is 1. The standard InChI is InChI=1S/C16H18F2N2O/c17-11-4-5-12(13(18)8-11)14-19-16(6-7-16)15(21)20(14)9-10-2-1-3-10/h4-5,8,10,14,19H,1-3,6-7,9H2. The van der Waals surface area contributed by atoms with Crippen molar-refractivity contribution < 1.29 is 13.6 Å². The lowest BCUT2D eigenvalue weighted by Gasteiger charge is -2.33. The molecule has 3 nitrogen and oxygen atoms in total. The highest BCUT2D eigenvalue weighted by Gasteiger charge is 2.59. The van der Waals surface area contributed by atoms with Gasteiger partial charge in [-0.3, -0.25) is 10.1 Å². The van der Waals surface area contributed by atoms with Crippen molar-refractivity contribution in [1.29, 1.82) is 0 Å². The Morgan fingerprint density at radius 3 is 2.62 bits per heavy atom. The molecular formula is C16H18F2N2O. The predicted molar refractivity (Wildman–Crippen MR) is 73.3 cm³/mol. The van der Waals surface area contributed by atoms with E-state index in [1.54, 1.807) is 4.90 Å². The molecule has 1 N–H and O–H groups in total. The third-order valence-electron chi connectivity index (χ3n) is 5.08. The second-order valence-corrected chi connectivity index (χ2v) is 6.55. The van der Waals surface area contributed by atoms with Crippen molar-refractivity contribution in [1.82, 2.24) is 10.2 Å². The van der Waals surface area contributed by atoms with Gasteiger partial charge in [0.1, 0.15) is 23.3 Å². The van der Waals surface area contributed by atoms with E-state index in [-0.39, 0.29) is 5.91 Å². The van der Waals surface area contributed by atoms with E-state index in [0.717, 1.165) is 31.7 Å². The average molecular weight is 292 g/mol. The van der Waals surface area contributed by atoms with E-state index in [9.17, 15) is 13.6 Å². The zero-order valence-electron chi connectivity index (χ0n) is 11.7. The zero-order chi connectivity index (χ0) is 14.6. The first-order valence-electron chi connectivity index (χ1n) is 7.63. The molecule has 1 spiro atoms. The Bertz CT molecular complexity index is 596. The number of hydrogen-bond acceptors (Lipinski definition) is 2. The van der Waals surface area contributed by atoms with E-state index in [2.05, 4.69) is 5.32 Å². The smallest absolute Gasteiger partial charge is 0.244 e. The summed E-state index contributed by atoms with van der Waals surface area (Å²) >= 11 is 0. The van der Waals surface area contributed by atoms with Crippen LogP contribution in [0.4, 0.5) is 8.78 Å². The second kappa shape index (κ2) is 4.50. The molecule has 1 amide bonds. The summed E-state index contributed by atoms with van der Waals surface area (Å²) in [6, 6.07) is 3.59. The predicted octanol–water partition coefficient (Wildman–Crippen LogP) is 2.73. The molecule has 0 aromatic heterocycles. The summed E-state index contributed by atoms with van der Waals surface area (Å²) in [5.74, 6) is -0.567. The summed E-state index contributed by atoms with van der Waals surface area (Å²) in [6.45, 7) is 0.676. The van der Waals surface area contributed by atoms with Crippen molar-refractivity contribution in [2.45, 2.75) is 43.8 Å². The van der Waals surface area contributed by atoms with Crippen LogP contribution in [-0.4, -0.2) is 22.9 Å². The maximum atomic E-state index is 14.1. The number of amides is 1. The molecular weight excluding hydrogens is 274 g/mol. The molecule has 0 bridgehead atoms. The highest BCUT2D eigenvalue weighted by Crippen LogP contribution is 2.47. The third kappa shape index (κ3) is 2.06. The summed E-state index contributed by atoms with van der Waals surface area (Å²) in [5, 5.41) is 3.29. The molecule has 112 valence electrons. The second-order valence-electron chi connectivity index (χ2n) is 6.55. The van der Waals surface area contributed by atoms with Gasteiger partial charge < -0.3 is 4.90 Å². The van der Waals surface area contributed by atoms with E-state index in [4.69, 9.17) is 0 Å². The molecule has 3 fully saturated rings. The number of halogens is 2. The van der Waals surface area contributed by atoms with Gasteiger partial charge in [-0.2, -0.15) is 0 Å². The van der Waals surface area contributed by atoms with Crippen LogP contribution >= 0.6 is 0 Å². The fraction of sp³-hybridized carbons (Fsp3) is 0.562. The zero-order valence-corrected chi connectivity index (χ0v) is 11.7. The monoisotopic (exact) mass is 292 g/mol. The summed E-state index contributed by atoms with van der Waals surface area (Å²) in [4.78, 5) is 14.4. The van der Waals surface area contributed by atoms with Crippen molar-refractivity contribution >= 4 is 5.91 Å². The lowest BCUT2D eigenvalue weighted by atomic mass is 9.85. The molecule has 0 radical (unpaired) electrons. The average Bonchev–Trinajstić information content (AvgIpc) is 3.11. The molecule has 3 aliphatic rings. The summed E-state index contributed by atoms with van der Waals surface area (Å²) in [7, 11) is 0. The molecule has 1 aromatic rings. The van der Waals surface area contributed by atoms with E-state index >= 15 is 0 Å². The molecule has 1 heterocycles. The first kappa shape index (κ1) is 13.2. The summed E-state index contributed by atoms with van der Waals surface area (Å²) in [6.07, 6.45) is 4.64. The van der Waals surface area contributed by atoms with Crippen LogP contribution in [-0.2, 0) is 4.79 Å². The van der Waals surface area contributed by atoms with Gasteiger partial charge in [0.15, 0.2) is 0 Å². The fourth-order valence-electron chi connectivity index (χ4n) is 3.39. The molecule has 21 heavy (non-hydrogen) atoms. The molecule has 1 saturated heterocycles. The highest BCUT2D eigenvalue weighted by molar-refractivity contribution is 5.92.